The molecule has 1 aromatic rings. The molecule has 1 saturated carbocycles. The number of rotatable bonds is 7. The van der Waals surface area contributed by atoms with Crippen LogP contribution < -0.4 is 10.6 Å². The number of hydrogen-bond acceptors (Lipinski definition) is 3. The number of amides is 2. The Balaban J connectivity index is 2.03. The molecule has 0 bridgehead atoms. The zero-order valence-corrected chi connectivity index (χ0v) is 14.4. The average molecular weight is 332 g/mol. The zero-order valence-electron chi connectivity index (χ0n) is 14.4. The van der Waals surface area contributed by atoms with Crippen LogP contribution in [0.3, 0.4) is 0 Å². The van der Waals surface area contributed by atoms with E-state index in [-0.39, 0.29) is 24.5 Å². The number of aliphatic hydroxyl groups is 1. The van der Waals surface area contributed by atoms with Crippen LogP contribution in [0.1, 0.15) is 62.2 Å². The van der Waals surface area contributed by atoms with Gasteiger partial charge >= 0.3 is 0 Å². The Morgan fingerprint density at radius 3 is 2.67 bits per heavy atom. The van der Waals surface area contributed by atoms with E-state index in [0.717, 1.165) is 12.8 Å². The first-order valence-corrected chi connectivity index (χ1v) is 8.95. The van der Waals surface area contributed by atoms with Crippen molar-refractivity contribution in [3.8, 4) is 0 Å². The summed E-state index contributed by atoms with van der Waals surface area (Å²) in [5.41, 5.74) is 1.16. The van der Waals surface area contributed by atoms with E-state index in [2.05, 4.69) is 10.6 Å². The molecule has 1 atom stereocenters. The summed E-state index contributed by atoms with van der Waals surface area (Å²) in [7, 11) is 0. The number of carbonyl (C=O) groups excluding carboxylic acids is 2. The lowest BCUT2D eigenvalue weighted by Crippen LogP contribution is -2.41. The van der Waals surface area contributed by atoms with Crippen LogP contribution >= 0.6 is 0 Å². The average Bonchev–Trinajstić information content (AvgIpc) is 2.62. The van der Waals surface area contributed by atoms with Crippen molar-refractivity contribution in [2.45, 2.75) is 57.9 Å². The molecular formula is C19H28N2O3. The summed E-state index contributed by atoms with van der Waals surface area (Å²) in [5.74, 6) is 0.220. The van der Waals surface area contributed by atoms with E-state index in [1.54, 1.807) is 31.2 Å². The van der Waals surface area contributed by atoms with Gasteiger partial charge in [0.15, 0.2) is 0 Å². The molecule has 0 aliphatic heterocycles. The third-order valence-corrected chi connectivity index (χ3v) is 4.71. The van der Waals surface area contributed by atoms with Gasteiger partial charge in [0.25, 0.3) is 5.91 Å². The molecule has 0 heterocycles. The summed E-state index contributed by atoms with van der Waals surface area (Å²) in [6.07, 6.45) is 6.85. The second kappa shape index (κ2) is 9.42. The highest BCUT2D eigenvalue weighted by atomic mass is 16.3. The highest BCUT2D eigenvalue weighted by molar-refractivity contribution is 5.97. The summed E-state index contributed by atoms with van der Waals surface area (Å²) in [5, 5.41) is 15.2. The third kappa shape index (κ3) is 5.34. The molecular weight excluding hydrogens is 304 g/mol. The minimum absolute atomic E-state index is 0.0108. The Hall–Kier alpha value is -1.88. The first-order chi connectivity index (χ1) is 11.6. The Morgan fingerprint density at radius 2 is 2.00 bits per heavy atom. The van der Waals surface area contributed by atoms with E-state index in [9.17, 15) is 14.7 Å². The van der Waals surface area contributed by atoms with Gasteiger partial charge in [-0.25, -0.2) is 0 Å². The van der Waals surface area contributed by atoms with E-state index in [1.165, 1.54) is 19.3 Å². The SMILES string of the molecule is CCC(=O)Nc1cccc(C(=O)NC(CCO)C2CCCCC2)c1. The second-order valence-corrected chi connectivity index (χ2v) is 6.47. The van der Waals surface area contributed by atoms with Crippen LogP contribution in [0.25, 0.3) is 0 Å². The van der Waals surface area contributed by atoms with E-state index >= 15 is 0 Å². The predicted molar refractivity (Wildman–Crippen MR) is 94.9 cm³/mol. The Kier molecular flexibility index (Phi) is 7.25. The lowest BCUT2D eigenvalue weighted by Gasteiger charge is -2.30. The van der Waals surface area contributed by atoms with Crippen LogP contribution in [0, 0.1) is 5.92 Å². The molecule has 2 rings (SSSR count). The highest BCUT2D eigenvalue weighted by Crippen LogP contribution is 2.28. The fraction of sp³-hybridized carbons (Fsp3) is 0.579. The largest absolute Gasteiger partial charge is 0.396 e. The molecule has 0 radical (unpaired) electrons. The molecule has 1 aromatic carbocycles. The van der Waals surface area contributed by atoms with Crippen LogP contribution in [0.2, 0.25) is 0 Å². The van der Waals surface area contributed by atoms with Crippen molar-refractivity contribution in [1.29, 1.82) is 0 Å². The molecule has 1 aliphatic carbocycles. The molecule has 0 spiro atoms. The number of nitrogens with one attached hydrogen (secondary N) is 2. The lowest BCUT2D eigenvalue weighted by molar-refractivity contribution is -0.115. The van der Waals surface area contributed by atoms with Crippen LogP contribution in [-0.2, 0) is 4.79 Å². The fourth-order valence-electron chi connectivity index (χ4n) is 3.34. The van der Waals surface area contributed by atoms with Gasteiger partial charge in [0, 0.05) is 30.3 Å². The van der Waals surface area contributed by atoms with Crippen molar-refractivity contribution in [3.05, 3.63) is 29.8 Å². The van der Waals surface area contributed by atoms with E-state index in [0.29, 0.717) is 30.0 Å². The van der Waals surface area contributed by atoms with Gasteiger partial charge in [-0.3, -0.25) is 9.59 Å². The summed E-state index contributed by atoms with van der Waals surface area (Å²) < 4.78 is 0. The molecule has 0 aromatic heterocycles. The number of anilines is 1. The quantitative estimate of drug-likeness (QED) is 0.718. The molecule has 1 fully saturated rings. The van der Waals surface area contributed by atoms with Gasteiger partial charge in [0.2, 0.25) is 5.91 Å². The van der Waals surface area contributed by atoms with Gasteiger partial charge in [-0.05, 0) is 43.4 Å². The molecule has 0 saturated heterocycles. The van der Waals surface area contributed by atoms with Crippen LogP contribution in [0.15, 0.2) is 24.3 Å². The van der Waals surface area contributed by atoms with Crippen molar-refractivity contribution < 1.29 is 14.7 Å². The molecule has 5 heteroatoms. The summed E-state index contributed by atoms with van der Waals surface area (Å²) >= 11 is 0. The monoisotopic (exact) mass is 332 g/mol. The van der Waals surface area contributed by atoms with Crippen molar-refractivity contribution in [1.82, 2.24) is 5.32 Å². The molecule has 3 N–H and O–H groups in total. The van der Waals surface area contributed by atoms with Gasteiger partial charge in [-0.15, -0.1) is 0 Å². The standard InChI is InChI=1S/C19H28N2O3/c1-2-18(23)20-16-10-6-9-15(13-16)19(24)21-17(11-12-22)14-7-4-3-5-8-14/h6,9-10,13-14,17,22H,2-5,7-8,11-12H2,1H3,(H,20,23)(H,21,24). The minimum Gasteiger partial charge on any atom is -0.396 e. The van der Waals surface area contributed by atoms with E-state index < -0.39 is 0 Å². The normalized spacial score (nSPS) is 16.4. The number of aliphatic hydroxyl groups excluding tert-OH is 1. The molecule has 1 aliphatic rings. The summed E-state index contributed by atoms with van der Waals surface area (Å²) in [6, 6.07) is 6.99. The van der Waals surface area contributed by atoms with Gasteiger partial charge in [-0.1, -0.05) is 32.3 Å². The maximum atomic E-state index is 12.6. The van der Waals surface area contributed by atoms with Gasteiger partial charge < -0.3 is 15.7 Å². The molecule has 132 valence electrons. The Bertz CT molecular complexity index is 553. The molecule has 2 amide bonds. The molecule has 5 nitrogen and oxygen atoms in total. The van der Waals surface area contributed by atoms with E-state index in [4.69, 9.17) is 0 Å². The maximum Gasteiger partial charge on any atom is 0.251 e. The predicted octanol–water partition coefficient (Wildman–Crippen LogP) is 3.10. The van der Waals surface area contributed by atoms with Crippen molar-refractivity contribution in [2.24, 2.45) is 5.92 Å². The summed E-state index contributed by atoms with van der Waals surface area (Å²) in [6.45, 7) is 1.86. The first-order valence-electron chi connectivity index (χ1n) is 8.95. The maximum absolute atomic E-state index is 12.6. The van der Waals surface area contributed by atoms with Crippen LogP contribution in [-0.4, -0.2) is 29.6 Å². The Labute approximate surface area is 143 Å². The second-order valence-electron chi connectivity index (χ2n) is 6.47. The van der Waals surface area contributed by atoms with Crippen molar-refractivity contribution >= 4 is 17.5 Å². The first kappa shape index (κ1) is 18.5. The smallest absolute Gasteiger partial charge is 0.251 e. The fourth-order valence-corrected chi connectivity index (χ4v) is 3.34. The lowest BCUT2D eigenvalue weighted by atomic mass is 9.82. The Morgan fingerprint density at radius 1 is 1.25 bits per heavy atom. The van der Waals surface area contributed by atoms with Gasteiger partial charge in [0.05, 0.1) is 0 Å². The van der Waals surface area contributed by atoms with E-state index in [1.807, 2.05) is 0 Å². The molecule has 24 heavy (non-hydrogen) atoms. The van der Waals surface area contributed by atoms with Crippen molar-refractivity contribution in [3.63, 3.8) is 0 Å². The summed E-state index contributed by atoms with van der Waals surface area (Å²) in [4.78, 5) is 24.1. The number of benzene rings is 1. The minimum atomic E-state index is -0.147. The van der Waals surface area contributed by atoms with Crippen molar-refractivity contribution in [2.75, 3.05) is 11.9 Å². The van der Waals surface area contributed by atoms with Crippen LogP contribution in [0.5, 0.6) is 0 Å². The van der Waals surface area contributed by atoms with Crippen LogP contribution in [0.4, 0.5) is 5.69 Å². The zero-order chi connectivity index (χ0) is 17.4. The molecule has 1 unspecified atom stereocenters. The topological polar surface area (TPSA) is 78.4 Å². The third-order valence-electron chi connectivity index (χ3n) is 4.71. The van der Waals surface area contributed by atoms with Gasteiger partial charge in [0.1, 0.15) is 0 Å². The van der Waals surface area contributed by atoms with Gasteiger partial charge in [-0.2, -0.15) is 0 Å². The highest BCUT2D eigenvalue weighted by Gasteiger charge is 2.25. The number of hydrogen-bond donors (Lipinski definition) is 3. The number of carbonyl (C=O) groups is 2.